The van der Waals surface area contributed by atoms with Gasteiger partial charge in [-0.2, -0.15) is 4.98 Å². The van der Waals surface area contributed by atoms with Crippen molar-refractivity contribution in [2.24, 2.45) is 5.41 Å². The minimum Gasteiger partial charge on any atom is -0.481 e. The van der Waals surface area contributed by atoms with Crippen LogP contribution in [0.5, 0.6) is 0 Å². The number of nitrogens with zero attached hydrogens (tertiary/aromatic N) is 2. The van der Waals surface area contributed by atoms with Crippen molar-refractivity contribution in [3.05, 3.63) is 12.2 Å². The van der Waals surface area contributed by atoms with Gasteiger partial charge in [-0.3, -0.25) is 4.79 Å². The van der Waals surface area contributed by atoms with Gasteiger partial charge < -0.3 is 25.0 Å². The SMILES string of the molecule is O=C(NCCc1ncno1)NCC1(C(=O)O)CCOCC1. The fraction of sp³-hybridized carbons (Fsp3) is 0.667. The number of carboxylic acid groups (broad SMARTS) is 1. The zero-order valence-corrected chi connectivity index (χ0v) is 11.5. The second-order valence-corrected chi connectivity index (χ2v) is 4.89. The molecule has 0 bridgehead atoms. The Bertz CT molecular complexity index is 470. The number of aliphatic carboxylic acids is 1. The number of hydrogen-bond donors (Lipinski definition) is 3. The van der Waals surface area contributed by atoms with Crippen molar-refractivity contribution in [2.45, 2.75) is 19.3 Å². The summed E-state index contributed by atoms with van der Waals surface area (Å²) < 4.78 is 9.97. The summed E-state index contributed by atoms with van der Waals surface area (Å²) in [6.07, 6.45) is 2.50. The molecule has 116 valence electrons. The fourth-order valence-corrected chi connectivity index (χ4v) is 2.13. The predicted octanol–water partition coefficient (Wildman–Crippen LogP) is -0.207. The van der Waals surface area contributed by atoms with Gasteiger partial charge in [0.1, 0.15) is 0 Å². The average Bonchev–Trinajstić information content (AvgIpc) is 2.99. The maximum atomic E-state index is 11.7. The van der Waals surface area contributed by atoms with E-state index in [1.54, 1.807) is 0 Å². The smallest absolute Gasteiger partial charge is 0.314 e. The molecule has 1 fully saturated rings. The molecule has 1 aromatic heterocycles. The Hall–Kier alpha value is -2.16. The number of amides is 2. The molecule has 3 N–H and O–H groups in total. The van der Waals surface area contributed by atoms with Crippen LogP contribution < -0.4 is 10.6 Å². The highest BCUT2D eigenvalue weighted by atomic mass is 16.5. The molecule has 9 nitrogen and oxygen atoms in total. The predicted molar refractivity (Wildman–Crippen MR) is 69.5 cm³/mol. The summed E-state index contributed by atoms with van der Waals surface area (Å²) in [6.45, 7) is 1.20. The standard InChI is InChI=1S/C12H18N4O5/c17-10(18)12(2-5-20-6-3-12)7-14-11(19)13-4-1-9-15-8-16-21-9/h8H,1-7H2,(H,17,18)(H2,13,14,19). The largest absolute Gasteiger partial charge is 0.481 e. The molecule has 1 aliphatic heterocycles. The second-order valence-electron chi connectivity index (χ2n) is 4.89. The van der Waals surface area contributed by atoms with Gasteiger partial charge in [-0.1, -0.05) is 5.16 Å². The Balaban J connectivity index is 1.72. The number of carboxylic acids is 1. The van der Waals surface area contributed by atoms with Crippen LogP contribution in [0.1, 0.15) is 18.7 Å². The van der Waals surface area contributed by atoms with E-state index in [0.717, 1.165) is 0 Å². The number of carbonyl (C=O) groups excluding carboxylic acids is 1. The van der Waals surface area contributed by atoms with Crippen molar-refractivity contribution in [3.8, 4) is 0 Å². The van der Waals surface area contributed by atoms with Crippen molar-refractivity contribution in [1.82, 2.24) is 20.8 Å². The molecular formula is C12H18N4O5. The van der Waals surface area contributed by atoms with Gasteiger partial charge in [-0.05, 0) is 12.8 Å². The highest BCUT2D eigenvalue weighted by Crippen LogP contribution is 2.29. The van der Waals surface area contributed by atoms with Crippen LogP contribution in [-0.4, -0.2) is 53.6 Å². The second kappa shape index (κ2) is 7.02. The summed E-state index contributed by atoms with van der Waals surface area (Å²) in [5, 5.41) is 18.0. The van der Waals surface area contributed by atoms with Crippen molar-refractivity contribution < 1.29 is 24.0 Å². The van der Waals surface area contributed by atoms with E-state index >= 15 is 0 Å². The van der Waals surface area contributed by atoms with Crippen molar-refractivity contribution in [3.63, 3.8) is 0 Å². The van der Waals surface area contributed by atoms with Gasteiger partial charge in [0.05, 0.1) is 5.41 Å². The zero-order valence-electron chi connectivity index (χ0n) is 11.5. The van der Waals surface area contributed by atoms with Crippen LogP contribution in [0.4, 0.5) is 4.79 Å². The van der Waals surface area contributed by atoms with Crippen LogP contribution in [0.25, 0.3) is 0 Å². The Morgan fingerprint density at radius 2 is 2.10 bits per heavy atom. The van der Waals surface area contributed by atoms with Gasteiger partial charge in [0, 0.05) is 32.7 Å². The molecule has 0 aliphatic carbocycles. The van der Waals surface area contributed by atoms with E-state index in [9.17, 15) is 14.7 Å². The molecule has 0 radical (unpaired) electrons. The maximum absolute atomic E-state index is 11.7. The van der Waals surface area contributed by atoms with Gasteiger partial charge in [-0.25, -0.2) is 4.79 Å². The normalized spacial score (nSPS) is 17.1. The molecular weight excluding hydrogens is 280 g/mol. The molecule has 9 heteroatoms. The molecule has 2 rings (SSSR count). The van der Waals surface area contributed by atoms with Crippen molar-refractivity contribution >= 4 is 12.0 Å². The number of rotatable bonds is 6. The summed E-state index contributed by atoms with van der Waals surface area (Å²) in [4.78, 5) is 26.9. The summed E-state index contributed by atoms with van der Waals surface area (Å²) in [5.74, 6) is -0.473. The summed E-state index contributed by atoms with van der Waals surface area (Å²) >= 11 is 0. The minimum absolute atomic E-state index is 0.0814. The Morgan fingerprint density at radius 3 is 2.71 bits per heavy atom. The first kappa shape index (κ1) is 15.2. The first-order valence-electron chi connectivity index (χ1n) is 6.71. The Kier molecular flexibility index (Phi) is 5.09. The van der Waals surface area contributed by atoms with E-state index in [1.807, 2.05) is 0 Å². The van der Waals surface area contributed by atoms with Crippen molar-refractivity contribution in [2.75, 3.05) is 26.3 Å². The third kappa shape index (κ3) is 4.15. The number of hydrogen-bond acceptors (Lipinski definition) is 6. The van der Waals surface area contributed by atoms with Gasteiger partial charge in [0.2, 0.25) is 5.89 Å². The van der Waals surface area contributed by atoms with E-state index in [4.69, 9.17) is 9.26 Å². The van der Waals surface area contributed by atoms with Gasteiger partial charge >= 0.3 is 12.0 Å². The number of aromatic nitrogens is 2. The number of carbonyl (C=O) groups is 2. The third-order valence-electron chi connectivity index (χ3n) is 3.52. The van der Waals surface area contributed by atoms with E-state index in [2.05, 4.69) is 20.8 Å². The lowest BCUT2D eigenvalue weighted by atomic mass is 9.80. The van der Waals surface area contributed by atoms with Crippen molar-refractivity contribution in [1.29, 1.82) is 0 Å². The maximum Gasteiger partial charge on any atom is 0.314 e. The monoisotopic (exact) mass is 298 g/mol. The molecule has 0 unspecified atom stereocenters. The lowest BCUT2D eigenvalue weighted by molar-refractivity contribution is -0.154. The molecule has 1 saturated heterocycles. The molecule has 0 spiro atoms. The van der Waals surface area contributed by atoms with Crippen LogP contribution >= 0.6 is 0 Å². The quantitative estimate of drug-likeness (QED) is 0.663. The molecule has 0 saturated carbocycles. The molecule has 2 heterocycles. The van der Waals surface area contributed by atoms with Crippen LogP contribution in [0.2, 0.25) is 0 Å². The Labute approximate surface area is 121 Å². The minimum atomic E-state index is -0.942. The first-order chi connectivity index (χ1) is 10.1. The van der Waals surface area contributed by atoms with Crippen LogP contribution in [0.15, 0.2) is 10.9 Å². The molecule has 0 aromatic carbocycles. The van der Waals surface area contributed by atoms with E-state index in [-0.39, 0.29) is 6.54 Å². The highest BCUT2D eigenvalue weighted by molar-refractivity contribution is 5.78. The summed E-state index contributed by atoms with van der Waals surface area (Å²) in [7, 11) is 0. The third-order valence-corrected chi connectivity index (χ3v) is 3.52. The number of ether oxygens (including phenoxy) is 1. The lowest BCUT2D eigenvalue weighted by Gasteiger charge is -2.33. The molecule has 0 atom stereocenters. The molecule has 1 aliphatic rings. The summed E-state index contributed by atoms with van der Waals surface area (Å²) in [6, 6.07) is -0.415. The summed E-state index contributed by atoms with van der Waals surface area (Å²) in [5.41, 5.74) is -0.942. The van der Waals surface area contributed by atoms with Gasteiger partial charge in [-0.15, -0.1) is 0 Å². The highest BCUT2D eigenvalue weighted by Gasteiger charge is 2.40. The van der Waals surface area contributed by atoms with Crippen LogP contribution in [0, 0.1) is 5.41 Å². The average molecular weight is 298 g/mol. The number of urea groups is 1. The van der Waals surface area contributed by atoms with E-state index in [0.29, 0.717) is 44.9 Å². The zero-order chi connectivity index (χ0) is 15.1. The topological polar surface area (TPSA) is 127 Å². The molecule has 2 amide bonds. The lowest BCUT2D eigenvalue weighted by Crippen LogP contribution is -2.49. The molecule has 1 aromatic rings. The fourth-order valence-electron chi connectivity index (χ4n) is 2.13. The number of nitrogens with one attached hydrogen (secondary N) is 2. The Morgan fingerprint density at radius 1 is 1.33 bits per heavy atom. The van der Waals surface area contributed by atoms with E-state index < -0.39 is 17.4 Å². The van der Waals surface area contributed by atoms with Crippen LogP contribution in [0.3, 0.4) is 0 Å². The van der Waals surface area contributed by atoms with E-state index in [1.165, 1.54) is 6.33 Å². The molecule has 21 heavy (non-hydrogen) atoms. The first-order valence-corrected chi connectivity index (χ1v) is 6.71. The van der Waals surface area contributed by atoms with Crippen LogP contribution in [-0.2, 0) is 16.0 Å². The van der Waals surface area contributed by atoms with Gasteiger partial charge in [0.25, 0.3) is 0 Å². The van der Waals surface area contributed by atoms with Gasteiger partial charge in [0.15, 0.2) is 6.33 Å².